The third-order valence-corrected chi connectivity index (χ3v) is 5.26. The first-order chi connectivity index (χ1) is 12.8. The molecule has 2 aliphatic rings. The zero-order chi connectivity index (χ0) is 17.8. The van der Waals surface area contributed by atoms with E-state index in [1.54, 1.807) is 0 Å². The first-order valence-corrected chi connectivity index (χ1v) is 9.73. The normalized spacial score (nSPS) is 20.3. The Balaban J connectivity index is 1.33. The van der Waals surface area contributed by atoms with Crippen LogP contribution in [0.25, 0.3) is 0 Å². The molecule has 0 aliphatic carbocycles. The topological polar surface area (TPSA) is 33.7 Å². The summed E-state index contributed by atoms with van der Waals surface area (Å²) in [5, 5.41) is 4.26. The Hall–Kier alpha value is -1.75. The molecule has 0 amide bonds. The molecule has 4 rings (SSSR count). The van der Waals surface area contributed by atoms with Gasteiger partial charge in [-0.05, 0) is 42.2 Å². The highest BCUT2D eigenvalue weighted by Gasteiger charge is 2.22. The Morgan fingerprint density at radius 2 is 2.08 bits per heavy atom. The van der Waals surface area contributed by atoms with Gasteiger partial charge in [-0.1, -0.05) is 35.9 Å². The molecule has 0 bridgehead atoms. The molecule has 2 aliphatic heterocycles. The molecular formula is C21H25ClN2O2. The van der Waals surface area contributed by atoms with Crippen LogP contribution in [0.4, 0.5) is 5.69 Å². The van der Waals surface area contributed by atoms with Crippen LogP contribution in [0.2, 0.25) is 5.02 Å². The number of nitrogens with one attached hydrogen (secondary N) is 1. The lowest BCUT2D eigenvalue weighted by molar-refractivity contribution is -0.0503. The molecule has 1 atom stereocenters. The molecule has 0 aromatic heterocycles. The number of hydrogen-bond donors (Lipinski definition) is 1. The summed E-state index contributed by atoms with van der Waals surface area (Å²) in [5.74, 6) is 0.945. The molecule has 1 unspecified atom stereocenters. The van der Waals surface area contributed by atoms with Crippen molar-refractivity contribution in [2.45, 2.75) is 25.5 Å². The standard InChI is InChI=1S/C21H25ClN2O2/c22-18-8-6-16(7-9-18)13-24-11-12-25-19(14-24)15-26-20-5-1-3-17-4-2-10-23-21(17)20/h1,3,5-9,19,23H,2,4,10-15H2. The van der Waals surface area contributed by atoms with Crippen LogP contribution in [-0.4, -0.2) is 43.9 Å². The van der Waals surface area contributed by atoms with Crippen molar-refractivity contribution in [3.8, 4) is 5.75 Å². The van der Waals surface area contributed by atoms with Crippen molar-refractivity contribution in [1.82, 2.24) is 4.90 Å². The summed E-state index contributed by atoms with van der Waals surface area (Å²) in [6, 6.07) is 14.4. The van der Waals surface area contributed by atoms with Gasteiger partial charge in [-0.3, -0.25) is 4.90 Å². The molecule has 1 fully saturated rings. The molecule has 0 saturated carbocycles. The summed E-state index contributed by atoms with van der Waals surface area (Å²) < 4.78 is 12.0. The lowest BCUT2D eigenvalue weighted by Gasteiger charge is -2.33. The van der Waals surface area contributed by atoms with Crippen molar-refractivity contribution >= 4 is 17.3 Å². The van der Waals surface area contributed by atoms with E-state index in [1.807, 2.05) is 18.2 Å². The number of rotatable bonds is 5. The van der Waals surface area contributed by atoms with Gasteiger partial charge in [0.2, 0.25) is 0 Å². The second-order valence-electron chi connectivity index (χ2n) is 6.99. The SMILES string of the molecule is Clc1ccc(CN2CCOC(COc3cccc4c3NCCC4)C2)cc1. The van der Waals surface area contributed by atoms with Crippen LogP contribution >= 0.6 is 11.6 Å². The van der Waals surface area contributed by atoms with Gasteiger partial charge in [0.05, 0.1) is 12.3 Å². The van der Waals surface area contributed by atoms with Crippen LogP contribution in [0.3, 0.4) is 0 Å². The van der Waals surface area contributed by atoms with Crippen LogP contribution < -0.4 is 10.1 Å². The number of morpholine rings is 1. The summed E-state index contributed by atoms with van der Waals surface area (Å²) in [5.41, 5.74) is 3.78. The number of aryl methyl sites for hydroxylation is 1. The van der Waals surface area contributed by atoms with Crippen molar-refractivity contribution in [1.29, 1.82) is 0 Å². The average molecular weight is 373 g/mol. The number of hydrogen-bond acceptors (Lipinski definition) is 4. The van der Waals surface area contributed by atoms with E-state index in [0.29, 0.717) is 6.61 Å². The van der Waals surface area contributed by atoms with E-state index < -0.39 is 0 Å². The van der Waals surface area contributed by atoms with Crippen molar-refractivity contribution in [2.24, 2.45) is 0 Å². The molecule has 2 heterocycles. The smallest absolute Gasteiger partial charge is 0.142 e. The number of para-hydroxylation sites is 1. The lowest BCUT2D eigenvalue weighted by atomic mass is 10.0. The zero-order valence-electron chi connectivity index (χ0n) is 14.9. The van der Waals surface area contributed by atoms with Crippen LogP contribution in [0.15, 0.2) is 42.5 Å². The monoisotopic (exact) mass is 372 g/mol. The van der Waals surface area contributed by atoms with E-state index in [0.717, 1.165) is 55.7 Å². The Morgan fingerprint density at radius 3 is 2.96 bits per heavy atom. The van der Waals surface area contributed by atoms with E-state index in [9.17, 15) is 0 Å². The maximum atomic E-state index is 6.13. The van der Waals surface area contributed by atoms with E-state index in [1.165, 1.54) is 17.5 Å². The molecule has 2 aromatic carbocycles. The van der Waals surface area contributed by atoms with E-state index in [-0.39, 0.29) is 6.10 Å². The number of nitrogens with zero attached hydrogens (tertiary/aromatic N) is 1. The Kier molecular flexibility index (Phi) is 5.63. The van der Waals surface area contributed by atoms with Gasteiger partial charge in [0.1, 0.15) is 18.5 Å². The quantitative estimate of drug-likeness (QED) is 0.860. The average Bonchev–Trinajstić information content (AvgIpc) is 2.68. The van der Waals surface area contributed by atoms with E-state index >= 15 is 0 Å². The third-order valence-electron chi connectivity index (χ3n) is 5.00. The van der Waals surface area contributed by atoms with Gasteiger partial charge in [0, 0.05) is 31.2 Å². The summed E-state index contributed by atoms with van der Waals surface area (Å²) in [6.45, 7) is 5.08. The van der Waals surface area contributed by atoms with Crippen LogP contribution in [0.5, 0.6) is 5.75 Å². The molecule has 1 saturated heterocycles. The fourth-order valence-corrected chi connectivity index (χ4v) is 3.78. The molecule has 1 N–H and O–H groups in total. The summed E-state index contributed by atoms with van der Waals surface area (Å²) in [4.78, 5) is 2.42. The number of anilines is 1. The molecule has 26 heavy (non-hydrogen) atoms. The molecule has 0 radical (unpaired) electrons. The van der Waals surface area contributed by atoms with Crippen LogP contribution in [0, 0.1) is 0 Å². The van der Waals surface area contributed by atoms with Crippen LogP contribution in [-0.2, 0) is 17.7 Å². The minimum absolute atomic E-state index is 0.0931. The summed E-state index contributed by atoms with van der Waals surface area (Å²) >= 11 is 5.97. The van der Waals surface area contributed by atoms with Gasteiger partial charge in [0.15, 0.2) is 0 Å². The maximum Gasteiger partial charge on any atom is 0.142 e. The molecule has 138 valence electrons. The van der Waals surface area contributed by atoms with Gasteiger partial charge in [0.25, 0.3) is 0 Å². The maximum absolute atomic E-state index is 6.13. The van der Waals surface area contributed by atoms with Gasteiger partial charge in [-0.15, -0.1) is 0 Å². The second kappa shape index (κ2) is 8.30. The number of halogens is 1. The van der Waals surface area contributed by atoms with Crippen molar-refractivity contribution < 1.29 is 9.47 Å². The zero-order valence-corrected chi connectivity index (χ0v) is 15.7. The summed E-state index contributed by atoms with van der Waals surface area (Å²) in [7, 11) is 0. The van der Waals surface area contributed by atoms with Gasteiger partial charge >= 0.3 is 0 Å². The fourth-order valence-electron chi connectivity index (χ4n) is 3.65. The highest BCUT2D eigenvalue weighted by molar-refractivity contribution is 6.30. The molecule has 5 heteroatoms. The van der Waals surface area contributed by atoms with Crippen molar-refractivity contribution in [3.05, 3.63) is 58.6 Å². The van der Waals surface area contributed by atoms with E-state index in [4.69, 9.17) is 21.1 Å². The third kappa shape index (κ3) is 4.32. The Bertz CT molecular complexity index is 735. The van der Waals surface area contributed by atoms with Gasteiger partial charge < -0.3 is 14.8 Å². The Morgan fingerprint density at radius 1 is 1.19 bits per heavy atom. The number of benzene rings is 2. The van der Waals surface area contributed by atoms with Crippen LogP contribution in [0.1, 0.15) is 17.5 Å². The van der Waals surface area contributed by atoms with Gasteiger partial charge in [-0.2, -0.15) is 0 Å². The molecule has 2 aromatic rings. The lowest BCUT2D eigenvalue weighted by Crippen LogP contribution is -2.44. The van der Waals surface area contributed by atoms with E-state index in [2.05, 4.69) is 34.5 Å². The number of fused-ring (bicyclic) bond motifs is 1. The highest BCUT2D eigenvalue weighted by atomic mass is 35.5. The minimum atomic E-state index is 0.0931. The molecule has 4 nitrogen and oxygen atoms in total. The first-order valence-electron chi connectivity index (χ1n) is 9.35. The predicted octanol–water partition coefficient (Wildman–Crippen LogP) is 3.98. The largest absolute Gasteiger partial charge is 0.489 e. The fraction of sp³-hybridized carbons (Fsp3) is 0.429. The van der Waals surface area contributed by atoms with Crippen molar-refractivity contribution in [3.63, 3.8) is 0 Å². The second-order valence-corrected chi connectivity index (χ2v) is 7.42. The van der Waals surface area contributed by atoms with Gasteiger partial charge in [-0.25, -0.2) is 0 Å². The van der Waals surface area contributed by atoms with Crippen molar-refractivity contribution in [2.75, 3.05) is 38.2 Å². The predicted molar refractivity (Wildman–Crippen MR) is 105 cm³/mol. The number of ether oxygens (including phenoxy) is 2. The molecular weight excluding hydrogens is 348 g/mol. The highest BCUT2D eigenvalue weighted by Crippen LogP contribution is 2.32. The Labute approximate surface area is 160 Å². The molecule has 0 spiro atoms. The first kappa shape index (κ1) is 17.7. The minimum Gasteiger partial charge on any atom is -0.489 e. The summed E-state index contributed by atoms with van der Waals surface area (Å²) in [6.07, 6.45) is 2.39.